The Labute approximate surface area is 333 Å². The van der Waals surface area contributed by atoms with Crippen molar-refractivity contribution in [1.29, 1.82) is 0 Å². The molecule has 2 aromatic rings. The maximum absolute atomic E-state index is 14.8. The molecular weight excluding hydrogens is 854 g/mol. The molecule has 300 valence electrons. The molecule has 4 aliphatic heterocycles. The number of benzene rings is 2. The third-order valence-corrected chi connectivity index (χ3v) is 11.0. The van der Waals surface area contributed by atoms with Crippen LogP contribution < -0.4 is 21.3 Å². The van der Waals surface area contributed by atoms with Crippen LogP contribution in [0.5, 0.6) is 0 Å². The first-order chi connectivity index (χ1) is 26.7. The van der Waals surface area contributed by atoms with Crippen LogP contribution in [0.3, 0.4) is 0 Å². The number of carbonyl (C=O) groups is 7. The first-order valence-corrected chi connectivity index (χ1v) is 19.4. The van der Waals surface area contributed by atoms with Crippen LogP contribution in [0.25, 0.3) is 0 Å². The molecule has 6 rings (SSSR count). The summed E-state index contributed by atoms with van der Waals surface area (Å²) in [6.07, 6.45) is -1.07. The Balaban J connectivity index is 1.30. The number of halogens is 4. The van der Waals surface area contributed by atoms with Crippen molar-refractivity contribution < 1.29 is 51.5 Å². The molecule has 0 bridgehead atoms. The topological polar surface area (TPSA) is 187 Å². The van der Waals surface area contributed by atoms with Gasteiger partial charge in [0.05, 0.1) is 6.54 Å². The number of carbonyl (C=O) groups excluding carboxylic acids is 7. The normalized spacial score (nSPS) is 26.5. The van der Waals surface area contributed by atoms with Crippen LogP contribution in [0.4, 0.5) is 23.7 Å². The number of rotatable bonds is 6. The van der Waals surface area contributed by atoms with Crippen molar-refractivity contribution in [3.8, 4) is 0 Å². The number of alkyl halides is 1. The number of hydrogen-bond acceptors (Lipinski definition) is 8. The molecule has 56 heavy (non-hydrogen) atoms. The lowest BCUT2D eigenvalue weighted by Crippen LogP contribution is -2.60. The van der Waals surface area contributed by atoms with E-state index in [1.807, 2.05) is 0 Å². The van der Waals surface area contributed by atoms with Crippen LogP contribution in [-0.4, -0.2) is 125 Å². The van der Waals surface area contributed by atoms with Crippen molar-refractivity contribution in [1.82, 2.24) is 30.7 Å². The lowest BCUT2D eigenvalue weighted by Gasteiger charge is -2.34. The SMILES string of the molecule is C[C@@H]1NC(=O)[C@@H]2CCCN2C(=O)[C@@H]2CCCN2C(=O)[C@@H](NC(=O)[C@H](Cc2cc(F)cc(F)c2)NC(=O)Nc2ccc(I)cc2)COC(=O)[C@@H]2C[C@H](F)CN2C1=O. The van der Waals surface area contributed by atoms with Gasteiger partial charge in [-0.1, -0.05) is 0 Å². The van der Waals surface area contributed by atoms with Crippen molar-refractivity contribution in [2.75, 3.05) is 31.6 Å². The van der Waals surface area contributed by atoms with E-state index in [0.717, 1.165) is 20.6 Å². The average molecular weight is 896 g/mol. The van der Waals surface area contributed by atoms with Gasteiger partial charge in [-0.25, -0.2) is 22.8 Å². The molecule has 0 unspecified atom stereocenters. The molecule has 4 aliphatic rings. The van der Waals surface area contributed by atoms with Crippen LogP contribution in [-0.2, 0) is 39.9 Å². The molecule has 15 nitrogen and oxygen atoms in total. The van der Waals surface area contributed by atoms with E-state index in [9.17, 15) is 46.7 Å². The standard InChI is InChI=1S/C37H41F3IN7O8/c1-19-33(51)48-17-23(40)16-30(48)36(54)56-18-27(34(52)47-11-3-5-29(47)35(53)46-10-2-4-28(46)32(50)42-19)44-31(49)26(14-20-12-21(38)15-22(39)13-20)45-37(55)43-25-8-6-24(41)7-9-25/h6-9,12-13,15,19,23,26-30H,2-5,10-11,14,16-18H2,1H3,(H,42,50)(H,44,49)(H2,43,45,55)/t19-,23-,26-,27-,28-,29-,30-/m0/s1. The molecule has 0 spiro atoms. The number of cyclic esters (lactones) is 1. The van der Waals surface area contributed by atoms with Crippen LogP contribution in [0.1, 0.15) is 44.6 Å². The fourth-order valence-electron chi connectivity index (χ4n) is 7.59. The van der Waals surface area contributed by atoms with Crippen molar-refractivity contribution in [3.05, 3.63) is 63.2 Å². The van der Waals surface area contributed by atoms with Gasteiger partial charge in [-0.3, -0.25) is 24.0 Å². The molecule has 0 radical (unpaired) electrons. The van der Waals surface area contributed by atoms with Crippen molar-refractivity contribution in [3.63, 3.8) is 0 Å². The minimum atomic E-state index is -1.68. The van der Waals surface area contributed by atoms with Crippen LogP contribution in [0, 0.1) is 15.2 Å². The molecule has 4 heterocycles. The lowest BCUT2D eigenvalue weighted by molar-refractivity contribution is -0.158. The number of nitrogens with one attached hydrogen (secondary N) is 4. The van der Waals surface area contributed by atoms with E-state index < -0.39 is 122 Å². The zero-order chi connectivity index (χ0) is 40.3. The van der Waals surface area contributed by atoms with Crippen LogP contribution in [0.2, 0.25) is 0 Å². The summed E-state index contributed by atoms with van der Waals surface area (Å²) in [5.41, 5.74) is 0.355. The van der Waals surface area contributed by atoms with E-state index in [-0.39, 0.29) is 25.1 Å². The summed E-state index contributed by atoms with van der Waals surface area (Å²) in [7, 11) is 0. The fraction of sp³-hybridized carbons (Fsp3) is 0.486. The highest BCUT2D eigenvalue weighted by molar-refractivity contribution is 14.1. The summed E-state index contributed by atoms with van der Waals surface area (Å²) in [6, 6.07) is 0.576. The van der Waals surface area contributed by atoms with Gasteiger partial charge < -0.3 is 40.7 Å². The highest BCUT2D eigenvalue weighted by Gasteiger charge is 2.47. The monoisotopic (exact) mass is 895 g/mol. The lowest BCUT2D eigenvalue weighted by atomic mass is 10.0. The third-order valence-electron chi connectivity index (χ3n) is 10.3. The molecule has 0 aromatic heterocycles. The van der Waals surface area contributed by atoms with Crippen molar-refractivity contribution in [2.24, 2.45) is 0 Å². The van der Waals surface area contributed by atoms with Gasteiger partial charge in [-0.05, 0) is 97.2 Å². The Hall–Kier alpha value is -4.95. The molecule has 2 aromatic carbocycles. The second kappa shape index (κ2) is 17.5. The first-order valence-electron chi connectivity index (χ1n) is 18.3. The second-order valence-electron chi connectivity index (χ2n) is 14.3. The van der Waals surface area contributed by atoms with Gasteiger partial charge in [0, 0.05) is 41.3 Å². The van der Waals surface area contributed by atoms with Crippen LogP contribution in [0.15, 0.2) is 42.5 Å². The summed E-state index contributed by atoms with van der Waals surface area (Å²) in [6.45, 7) is 0.412. The summed E-state index contributed by atoms with van der Waals surface area (Å²) in [4.78, 5) is 99.5. The smallest absolute Gasteiger partial charge is 0.329 e. The van der Waals surface area contributed by atoms with Crippen LogP contribution >= 0.6 is 22.6 Å². The fourth-order valence-corrected chi connectivity index (χ4v) is 7.95. The minimum absolute atomic E-state index is 0.0108. The van der Waals surface area contributed by atoms with Gasteiger partial charge in [0.15, 0.2) is 0 Å². The summed E-state index contributed by atoms with van der Waals surface area (Å²) in [5.74, 6) is -6.66. The van der Waals surface area contributed by atoms with Crippen molar-refractivity contribution >= 4 is 69.8 Å². The number of fused-ring (bicyclic) bond motifs is 3. The number of esters is 1. The van der Waals surface area contributed by atoms with E-state index >= 15 is 0 Å². The summed E-state index contributed by atoms with van der Waals surface area (Å²) in [5, 5.41) is 10.2. The highest BCUT2D eigenvalue weighted by atomic mass is 127. The first kappa shape index (κ1) is 40.7. The zero-order valence-electron chi connectivity index (χ0n) is 30.3. The van der Waals surface area contributed by atoms with Crippen molar-refractivity contribution in [2.45, 2.75) is 87.9 Å². The quantitative estimate of drug-likeness (QED) is 0.250. The number of ether oxygens (including phenoxy) is 1. The molecule has 0 saturated carbocycles. The summed E-state index contributed by atoms with van der Waals surface area (Å²) < 4.78 is 49.6. The number of anilines is 1. The Morgan fingerprint density at radius 1 is 0.893 bits per heavy atom. The van der Waals surface area contributed by atoms with E-state index in [1.165, 1.54) is 16.7 Å². The minimum Gasteiger partial charge on any atom is -0.461 e. The van der Waals surface area contributed by atoms with E-state index in [2.05, 4.69) is 43.9 Å². The molecule has 7 atom stereocenters. The molecule has 4 fully saturated rings. The van der Waals surface area contributed by atoms with E-state index in [4.69, 9.17) is 4.74 Å². The number of hydrogen-bond donors (Lipinski definition) is 4. The van der Waals surface area contributed by atoms with E-state index in [0.29, 0.717) is 31.0 Å². The number of nitrogens with zero attached hydrogens (tertiary/aromatic N) is 3. The van der Waals surface area contributed by atoms with Gasteiger partial charge >= 0.3 is 12.0 Å². The van der Waals surface area contributed by atoms with Gasteiger partial charge in [0.2, 0.25) is 29.5 Å². The molecule has 4 saturated heterocycles. The molecule has 19 heteroatoms. The zero-order valence-corrected chi connectivity index (χ0v) is 32.4. The van der Waals surface area contributed by atoms with Gasteiger partial charge in [-0.2, -0.15) is 0 Å². The van der Waals surface area contributed by atoms with E-state index in [1.54, 1.807) is 24.3 Å². The maximum Gasteiger partial charge on any atom is 0.329 e. The maximum atomic E-state index is 14.8. The third kappa shape index (κ3) is 9.35. The van der Waals surface area contributed by atoms with Gasteiger partial charge in [-0.15, -0.1) is 0 Å². The molecule has 4 N–H and O–H groups in total. The second-order valence-corrected chi connectivity index (χ2v) is 15.5. The molecular formula is C37H41F3IN7O8. The Morgan fingerprint density at radius 3 is 2.21 bits per heavy atom. The highest BCUT2D eigenvalue weighted by Crippen LogP contribution is 2.27. The average Bonchev–Trinajstić information content (AvgIpc) is 3.92. The molecule has 0 aliphatic carbocycles. The molecule has 7 amide bonds. The largest absolute Gasteiger partial charge is 0.461 e. The predicted octanol–water partition coefficient (Wildman–Crippen LogP) is 1.77. The Morgan fingerprint density at radius 2 is 1.54 bits per heavy atom. The van der Waals surface area contributed by atoms with Gasteiger partial charge in [0.1, 0.15) is 60.7 Å². The Kier molecular flexibility index (Phi) is 12.7. The number of urea groups is 1. The summed E-state index contributed by atoms with van der Waals surface area (Å²) >= 11 is 2.08. The Bertz CT molecular complexity index is 1870. The predicted molar refractivity (Wildman–Crippen MR) is 200 cm³/mol. The van der Waals surface area contributed by atoms with Gasteiger partial charge in [0.25, 0.3) is 0 Å². The number of amides is 7.